The van der Waals surface area contributed by atoms with Crippen LogP contribution in [0.5, 0.6) is 0 Å². The fraction of sp³-hybridized carbons (Fsp3) is 0. The number of benzene rings is 10. The summed E-state index contributed by atoms with van der Waals surface area (Å²) in [5.41, 5.74) is 11.9. The van der Waals surface area contributed by atoms with Crippen LogP contribution in [0, 0.1) is 0 Å². The van der Waals surface area contributed by atoms with Crippen molar-refractivity contribution in [3.8, 4) is 56.7 Å². The average Bonchev–Trinajstić information content (AvgIpc) is 3.90. The van der Waals surface area contributed by atoms with Gasteiger partial charge in [0.05, 0.1) is 22.1 Å². The van der Waals surface area contributed by atoms with Gasteiger partial charge in [-0.25, -0.2) is 15.0 Å². The maximum atomic E-state index is 5.16. The summed E-state index contributed by atoms with van der Waals surface area (Å²) in [6, 6.07) is 79.8. The third-order valence-electron chi connectivity index (χ3n) is 12.8. The largest absolute Gasteiger partial charge is 0.309 e. The van der Waals surface area contributed by atoms with Gasteiger partial charge in [-0.3, -0.25) is 0 Å². The van der Waals surface area contributed by atoms with Crippen LogP contribution in [-0.4, -0.2) is 24.1 Å². The van der Waals surface area contributed by atoms with E-state index in [0.717, 1.165) is 50.2 Å². The quantitative estimate of drug-likeness (QED) is 0.168. The Balaban J connectivity index is 0.891. The van der Waals surface area contributed by atoms with Crippen molar-refractivity contribution in [2.75, 3.05) is 0 Å². The molecule has 0 aliphatic heterocycles. The molecule has 0 aliphatic carbocycles. The zero-order valence-electron chi connectivity index (χ0n) is 34.6. The normalized spacial score (nSPS) is 11.8. The number of rotatable bonds is 6. The van der Waals surface area contributed by atoms with E-state index in [1.807, 2.05) is 18.2 Å². The third kappa shape index (κ3) is 5.75. The minimum atomic E-state index is 0.626. The SMILES string of the molecule is c1ccc(-c2nc(-c3ccc(-c4ccc(-n5c6ccc7ccccc7c6c6c7ccccc7ccc65)cc4)cc3)nc(-c3ccc4c5ccccc5n(-c5ccccc5)c4c3)n2)cc1. The van der Waals surface area contributed by atoms with Gasteiger partial charge in [0.25, 0.3) is 0 Å². The van der Waals surface area contributed by atoms with Crippen molar-refractivity contribution >= 4 is 65.2 Å². The molecule has 0 saturated carbocycles. The molecule has 0 N–H and O–H groups in total. The van der Waals surface area contributed by atoms with E-state index >= 15 is 0 Å². The highest BCUT2D eigenvalue weighted by Gasteiger charge is 2.19. The van der Waals surface area contributed by atoms with E-state index in [9.17, 15) is 0 Å². The van der Waals surface area contributed by atoms with E-state index in [4.69, 9.17) is 15.0 Å². The second-order valence-corrected chi connectivity index (χ2v) is 16.4. The lowest BCUT2D eigenvalue weighted by Gasteiger charge is -2.11. The Morgan fingerprint density at radius 3 is 1.30 bits per heavy atom. The van der Waals surface area contributed by atoms with Gasteiger partial charge in [0.2, 0.25) is 0 Å². The van der Waals surface area contributed by atoms with E-state index in [-0.39, 0.29) is 0 Å². The Labute approximate surface area is 368 Å². The molecular weight excluding hydrogens is 779 g/mol. The fourth-order valence-electron chi connectivity index (χ4n) is 9.76. The van der Waals surface area contributed by atoms with Gasteiger partial charge < -0.3 is 9.13 Å². The van der Waals surface area contributed by atoms with Crippen LogP contribution in [0.1, 0.15) is 0 Å². The molecule has 13 rings (SSSR count). The first-order valence-electron chi connectivity index (χ1n) is 21.7. The predicted molar refractivity (Wildman–Crippen MR) is 265 cm³/mol. The van der Waals surface area contributed by atoms with Crippen molar-refractivity contribution in [2.24, 2.45) is 0 Å². The number of nitrogens with zero attached hydrogens (tertiary/aromatic N) is 5. The topological polar surface area (TPSA) is 48.5 Å². The minimum Gasteiger partial charge on any atom is -0.309 e. The van der Waals surface area contributed by atoms with Gasteiger partial charge in [-0.15, -0.1) is 0 Å². The maximum Gasteiger partial charge on any atom is 0.164 e. The molecule has 5 heteroatoms. The monoisotopic (exact) mass is 815 g/mol. The molecule has 0 fully saturated rings. The molecule has 0 radical (unpaired) electrons. The fourth-order valence-corrected chi connectivity index (χ4v) is 9.76. The lowest BCUT2D eigenvalue weighted by molar-refractivity contribution is 1.07. The smallest absolute Gasteiger partial charge is 0.164 e. The first-order chi connectivity index (χ1) is 31.7. The molecule has 13 aromatic rings. The minimum absolute atomic E-state index is 0.626. The first kappa shape index (κ1) is 36.0. The second kappa shape index (κ2) is 14.5. The number of hydrogen-bond donors (Lipinski definition) is 0. The average molecular weight is 816 g/mol. The van der Waals surface area contributed by atoms with Crippen molar-refractivity contribution in [1.82, 2.24) is 24.1 Å². The molecule has 64 heavy (non-hydrogen) atoms. The number of hydrogen-bond acceptors (Lipinski definition) is 3. The summed E-state index contributed by atoms with van der Waals surface area (Å²) in [5, 5.41) is 10.00. The summed E-state index contributed by atoms with van der Waals surface area (Å²) in [6.07, 6.45) is 0. The number of para-hydroxylation sites is 2. The molecule has 0 saturated heterocycles. The van der Waals surface area contributed by atoms with Crippen molar-refractivity contribution < 1.29 is 0 Å². The summed E-state index contributed by atoms with van der Waals surface area (Å²) >= 11 is 0. The van der Waals surface area contributed by atoms with Gasteiger partial charge in [0.1, 0.15) is 0 Å². The second-order valence-electron chi connectivity index (χ2n) is 16.4. The molecular formula is C59H37N5. The van der Waals surface area contributed by atoms with E-state index in [0.29, 0.717) is 17.5 Å². The summed E-state index contributed by atoms with van der Waals surface area (Å²) in [6.45, 7) is 0. The molecule has 0 unspecified atom stereocenters. The Hall–Kier alpha value is -8.67. The highest BCUT2D eigenvalue weighted by atomic mass is 15.0. The molecule has 0 bridgehead atoms. The standard InChI is InChI=1S/C59H37N5/c1-3-15-42(16-4-1)57-60-58(62-59(61-57)44-29-34-50-49-21-11-12-22-51(49)63(54(50)37-44)45-17-5-2-6-18-45)43-25-23-38(24-26-43)39-27-32-46(33-28-39)64-52-35-30-40-13-7-9-19-47(40)55(52)56-48-20-10-8-14-41(48)31-36-53(56)64/h1-37H. The van der Waals surface area contributed by atoms with Crippen molar-refractivity contribution in [3.05, 3.63) is 224 Å². The van der Waals surface area contributed by atoms with Gasteiger partial charge in [-0.2, -0.15) is 0 Å². The summed E-state index contributed by atoms with van der Waals surface area (Å²) < 4.78 is 4.74. The first-order valence-corrected chi connectivity index (χ1v) is 21.7. The molecule has 3 heterocycles. The van der Waals surface area contributed by atoms with Gasteiger partial charge in [0.15, 0.2) is 17.5 Å². The van der Waals surface area contributed by atoms with Crippen LogP contribution in [0.3, 0.4) is 0 Å². The van der Waals surface area contributed by atoms with Gasteiger partial charge in [0, 0.05) is 49.6 Å². The lowest BCUT2D eigenvalue weighted by atomic mass is 10.00. The Kier molecular flexibility index (Phi) is 8.15. The molecule has 0 amide bonds. The van der Waals surface area contributed by atoms with Crippen LogP contribution in [0.2, 0.25) is 0 Å². The van der Waals surface area contributed by atoms with Gasteiger partial charge >= 0.3 is 0 Å². The zero-order chi connectivity index (χ0) is 42.1. The molecule has 0 atom stereocenters. The Morgan fingerprint density at radius 1 is 0.250 bits per heavy atom. The van der Waals surface area contributed by atoms with E-state index in [1.165, 1.54) is 54.1 Å². The molecule has 0 aliphatic rings. The molecule has 10 aromatic carbocycles. The van der Waals surface area contributed by atoms with Crippen LogP contribution in [0.15, 0.2) is 224 Å². The Morgan fingerprint density at radius 2 is 0.672 bits per heavy atom. The molecule has 3 aromatic heterocycles. The van der Waals surface area contributed by atoms with E-state index in [1.54, 1.807) is 0 Å². The van der Waals surface area contributed by atoms with Crippen LogP contribution in [-0.2, 0) is 0 Å². The van der Waals surface area contributed by atoms with Crippen molar-refractivity contribution in [2.45, 2.75) is 0 Å². The summed E-state index contributed by atoms with van der Waals surface area (Å²) in [5.74, 6) is 1.89. The maximum absolute atomic E-state index is 5.16. The van der Waals surface area contributed by atoms with E-state index < -0.39 is 0 Å². The highest BCUT2D eigenvalue weighted by Crippen LogP contribution is 2.41. The van der Waals surface area contributed by atoms with Crippen LogP contribution < -0.4 is 0 Å². The third-order valence-corrected chi connectivity index (χ3v) is 12.8. The van der Waals surface area contributed by atoms with Gasteiger partial charge in [-0.1, -0.05) is 176 Å². The van der Waals surface area contributed by atoms with Crippen LogP contribution in [0.25, 0.3) is 122 Å². The number of aromatic nitrogens is 5. The highest BCUT2D eigenvalue weighted by molar-refractivity contribution is 6.28. The van der Waals surface area contributed by atoms with E-state index in [2.05, 4.69) is 215 Å². The lowest BCUT2D eigenvalue weighted by Crippen LogP contribution is -2.00. The predicted octanol–water partition coefficient (Wildman–Crippen LogP) is 15.0. The summed E-state index contributed by atoms with van der Waals surface area (Å²) in [4.78, 5) is 15.3. The van der Waals surface area contributed by atoms with Crippen molar-refractivity contribution in [3.63, 3.8) is 0 Å². The molecule has 0 spiro atoms. The van der Waals surface area contributed by atoms with Crippen LogP contribution >= 0.6 is 0 Å². The Bertz CT molecular complexity index is 3830. The van der Waals surface area contributed by atoms with Crippen molar-refractivity contribution in [1.29, 1.82) is 0 Å². The number of fused-ring (bicyclic) bond motifs is 10. The zero-order valence-corrected chi connectivity index (χ0v) is 34.6. The van der Waals surface area contributed by atoms with Crippen LogP contribution in [0.4, 0.5) is 0 Å². The molecule has 5 nitrogen and oxygen atoms in total. The molecule has 298 valence electrons. The summed E-state index contributed by atoms with van der Waals surface area (Å²) in [7, 11) is 0. The van der Waals surface area contributed by atoms with Gasteiger partial charge in [-0.05, 0) is 81.2 Å².